The third kappa shape index (κ3) is 1.85. The van der Waals surface area contributed by atoms with Crippen molar-refractivity contribution in [3.8, 4) is 5.75 Å². The summed E-state index contributed by atoms with van der Waals surface area (Å²) in [5, 5.41) is 0. The van der Waals surface area contributed by atoms with Gasteiger partial charge in [-0.3, -0.25) is 4.57 Å². The van der Waals surface area contributed by atoms with Crippen molar-refractivity contribution >= 4 is 27.0 Å². The molecule has 0 aliphatic heterocycles. The minimum Gasteiger partial charge on any atom is -0.466 e. The van der Waals surface area contributed by atoms with Crippen molar-refractivity contribution in [3.05, 3.63) is 27.2 Å². The Morgan fingerprint density at radius 1 is 1.50 bits per heavy atom. The standard InChI is InChI=1S/C10H10BrNO4/c1-12-7-4-8(15-5-14-2)6(11)3-9(7)16-10(12)13/h3-4H,5H2,1-2H3. The molecule has 6 heteroatoms. The second-order valence-electron chi connectivity index (χ2n) is 3.23. The molecule has 2 aromatic rings. The van der Waals surface area contributed by atoms with Crippen molar-refractivity contribution in [1.82, 2.24) is 4.57 Å². The summed E-state index contributed by atoms with van der Waals surface area (Å²) in [6.45, 7) is 0.149. The molecular formula is C10H10BrNO4. The van der Waals surface area contributed by atoms with E-state index < -0.39 is 5.76 Å². The van der Waals surface area contributed by atoms with Gasteiger partial charge in [0.25, 0.3) is 0 Å². The Morgan fingerprint density at radius 3 is 2.94 bits per heavy atom. The Kier molecular flexibility index (Phi) is 3.02. The van der Waals surface area contributed by atoms with Crippen LogP contribution in [0, 0.1) is 0 Å². The van der Waals surface area contributed by atoms with Gasteiger partial charge in [0.15, 0.2) is 12.4 Å². The van der Waals surface area contributed by atoms with Gasteiger partial charge in [-0.05, 0) is 15.9 Å². The maximum atomic E-state index is 11.3. The third-order valence-electron chi connectivity index (χ3n) is 2.18. The van der Waals surface area contributed by atoms with E-state index in [0.29, 0.717) is 21.3 Å². The third-order valence-corrected chi connectivity index (χ3v) is 2.80. The van der Waals surface area contributed by atoms with Crippen LogP contribution in [0.2, 0.25) is 0 Å². The van der Waals surface area contributed by atoms with E-state index in [-0.39, 0.29) is 6.79 Å². The molecule has 0 spiro atoms. The molecule has 16 heavy (non-hydrogen) atoms. The lowest BCUT2D eigenvalue weighted by atomic mass is 10.3. The summed E-state index contributed by atoms with van der Waals surface area (Å²) in [4.78, 5) is 11.3. The highest BCUT2D eigenvalue weighted by atomic mass is 79.9. The number of methoxy groups -OCH3 is 1. The van der Waals surface area contributed by atoms with Gasteiger partial charge in [-0.2, -0.15) is 0 Å². The molecule has 5 nitrogen and oxygen atoms in total. The lowest BCUT2D eigenvalue weighted by Gasteiger charge is -2.06. The molecule has 0 saturated heterocycles. The topological polar surface area (TPSA) is 53.6 Å². The van der Waals surface area contributed by atoms with Gasteiger partial charge < -0.3 is 13.9 Å². The number of fused-ring (bicyclic) bond motifs is 1. The zero-order valence-corrected chi connectivity index (χ0v) is 10.4. The van der Waals surface area contributed by atoms with Gasteiger partial charge in [-0.15, -0.1) is 0 Å². The minimum atomic E-state index is -0.397. The Bertz CT molecular complexity index is 572. The molecule has 0 atom stereocenters. The van der Waals surface area contributed by atoms with Crippen molar-refractivity contribution in [1.29, 1.82) is 0 Å². The number of hydrogen-bond acceptors (Lipinski definition) is 4. The van der Waals surface area contributed by atoms with E-state index in [1.165, 1.54) is 4.57 Å². The van der Waals surface area contributed by atoms with Crippen LogP contribution < -0.4 is 10.5 Å². The molecule has 0 radical (unpaired) electrons. The number of rotatable bonds is 3. The first kappa shape index (κ1) is 11.2. The molecule has 0 bridgehead atoms. The normalized spacial score (nSPS) is 10.9. The molecule has 0 unspecified atom stereocenters. The van der Waals surface area contributed by atoms with E-state index in [4.69, 9.17) is 13.9 Å². The molecule has 0 aliphatic rings. The van der Waals surface area contributed by atoms with Gasteiger partial charge in [-0.25, -0.2) is 4.79 Å². The average Bonchev–Trinajstić information content (AvgIpc) is 2.52. The molecule has 86 valence electrons. The van der Waals surface area contributed by atoms with Crippen LogP contribution in [0.3, 0.4) is 0 Å². The van der Waals surface area contributed by atoms with E-state index in [1.54, 1.807) is 26.3 Å². The number of benzene rings is 1. The first-order valence-corrected chi connectivity index (χ1v) is 5.33. The Balaban J connectivity index is 2.55. The van der Waals surface area contributed by atoms with Gasteiger partial charge >= 0.3 is 5.76 Å². The second kappa shape index (κ2) is 4.31. The molecule has 0 amide bonds. The number of aryl methyl sites for hydroxylation is 1. The van der Waals surface area contributed by atoms with Crippen LogP contribution in [0.15, 0.2) is 25.8 Å². The van der Waals surface area contributed by atoms with Crippen molar-refractivity contribution in [2.24, 2.45) is 7.05 Å². The van der Waals surface area contributed by atoms with E-state index >= 15 is 0 Å². The Hall–Kier alpha value is -1.27. The minimum absolute atomic E-state index is 0.149. The smallest absolute Gasteiger partial charge is 0.419 e. The van der Waals surface area contributed by atoms with E-state index in [1.807, 2.05) is 0 Å². The van der Waals surface area contributed by atoms with Crippen molar-refractivity contribution in [3.63, 3.8) is 0 Å². The predicted molar refractivity (Wildman–Crippen MR) is 61.7 cm³/mol. The van der Waals surface area contributed by atoms with Crippen LogP contribution in [-0.4, -0.2) is 18.5 Å². The SMILES string of the molecule is COCOc1cc2c(cc1Br)oc(=O)n2C. The van der Waals surface area contributed by atoms with E-state index in [9.17, 15) is 4.79 Å². The maximum absolute atomic E-state index is 11.3. The molecule has 0 aliphatic carbocycles. The Morgan fingerprint density at radius 2 is 2.25 bits per heavy atom. The quantitative estimate of drug-likeness (QED) is 0.809. The molecule has 2 rings (SSSR count). The summed E-state index contributed by atoms with van der Waals surface area (Å²) in [5.74, 6) is 0.205. The molecule has 0 saturated carbocycles. The summed E-state index contributed by atoms with van der Waals surface area (Å²) in [6.07, 6.45) is 0. The molecule has 1 aromatic heterocycles. The predicted octanol–water partition coefficient (Wildman–Crippen LogP) is 1.88. The van der Waals surface area contributed by atoms with Crippen LogP contribution in [0.4, 0.5) is 0 Å². The summed E-state index contributed by atoms with van der Waals surface area (Å²) in [5.41, 5.74) is 1.20. The number of nitrogens with zero attached hydrogens (tertiary/aromatic N) is 1. The summed E-state index contributed by atoms with van der Waals surface area (Å²) < 4.78 is 17.3. The molecule has 1 heterocycles. The number of oxazole rings is 1. The van der Waals surface area contributed by atoms with E-state index in [2.05, 4.69) is 15.9 Å². The highest BCUT2D eigenvalue weighted by molar-refractivity contribution is 9.10. The lowest BCUT2D eigenvalue weighted by Crippen LogP contribution is -2.08. The maximum Gasteiger partial charge on any atom is 0.419 e. The second-order valence-corrected chi connectivity index (χ2v) is 4.08. The number of hydrogen-bond donors (Lipinski definition) is 0. The van der Waals surface area contributed by atoms with E-state index in [0.717, 1.165) is 0 Å². The first-order valence-electron chi connectivity index (χ1n) is 4.54. The zero-order valence-electron chi connectivity index (χ0n) is 8.82. The first-order chi connectivity index (χ1) is 7.63. The highest BCUT2D eigenvalue weighted by Gasteiger charge is 2.10. The fourth-order valence-electron chi connectivity index (χ4n) is 1.36. The fourth-order valence-corrected chi connectivity index (χ4v) is 1.80. The average molecular weight is 288 g/mol. The lowest BCUT2D eigenvalue weighted by molar-refractivity contribution is 0.0507. The van der Waals surface area contributed by atoms with Crippen molar-refractivity contribution in [2.45, 2.75) is 0 Å². The highest BCUT2D eigenvalue weighted by Crippen LogP contribution is 2.29. The largest absolute Gasteiger partial charge is 0.466 e. The van der Waals surface area contributed by atoms with Gasteiger partial charge in [0.2, 0.25) is 0 Å². The van der Waals surface area contributed by atoms with Gasteiger partial charge in [0.05, 0.1) is 9.99 Å². The number of aromatic nitrogens is 1. The molecular weight excluding hydrogens is 278 g/mol. The van der Waals surface area contributed by atoms with Gasteiger partial charge in [0.1, 0.15) is 5.75 Å². The summed E-state index contributed by atoms with van der Waals surface area (Å²) in [7, 11) is 3.18. The van der Waals surface area contributed by atoms with Crippen molar-refractivity contribution < 1.29 is 13.9 Å². The molecule has 1 aromatic carbocycles. The summed E-state index contributed by atoms with van der Waals surface area (Å²) in [6, 6.07) is 3.42. The van der Waals surface area contributed by atoms with Crippen LogP contribution in [-0.2, 0) is 11.8 Å². The monoisotopic (exact) mass is 287 g/mol. The van der Waals surface area contributed by atoms with Crippen LogP contribution in [0.1, 0.15) is 0 Å². The van der Waals surface area contributed by atoms with Crippen LogP contribution in [0.25, 0.3) is 11.1 Å². The van der Waals surface area contributed by atoms with Gasteiger partial charge in [0, 0.05) is 26.3 Å². The Labute approximate surface area is 99.7 Å². The van der Waals surface area contributed by atoms with Crippen molar-refractivity contribution in [2.75, 3.05) is 13.9 Å². The van der Waals surface area contributed by atoms with Gasteiger partial charge in [-0.1, -0.05) is 0 Å². The number of ether oxygens (including phenoxy) is 2. The zero-order chi connectivity index (χ0) is 11.7. The molecule has 0 fully saturated rings. The fraction of sp³-hybridized carbons (Fsp3) is 0.300. The van der Waals surface area contributed by atoms with Crippen LogP contribution >= 0.6 is 15.9 Å². The van der Waals surface area contributed by atoms with Crippen LogP contribution in [0.5, 0.6) is 5.75 Å². The molecule has 0 N–H and O–H groups in total. The number of halogens is 1. The summed E-state index contributed by atoms with van der Waals surface area (Å²) >= 11 is 3.33.